The van der Waals surface area contributed by atoms with E-state index in [-0.39, 0.29) is 16.1 Å². The van der Waals surface area contributed by atoms with E-state index in [2.05, 4.69) is 21.2 Å². The molecule has 0 unspecified atom stereocenters. The van der Waals surface area contributed by atoms with E-state index in [1.54, 1.807) is 18.2 Å². The van der Waals surface area contributed by atoms with Gasteiger partial charge in [-0.2, -0.15) is 5.26 Å². The van der Waals surface area contributed by atoms with Crippen LogP contribution >= 0.6 is 27.5 Å². The molecule has 6 heteroatoms. The Morgan fingerprint density at radius 2 is 2.05 bits per heavy atom. The molecule has 0 atom stereocenters. The lowest BCUT2D eigenvalue weighted by Gasteiger charge is -2.08. The van der Waals surface area contributed by atoms with Gasteiger partial charge in [0.05, 0.1) is 16.8 Å². The van der Waals surface area contributed by atoms with Gasteiger partial charge in [0.2, 0.25) is 0 Å². The third-order valence-corrected chi connectivity index (χ3v) is 3.25. The SMILES string of the molecule is N#Cc1cc(Br)ccc1NC(=O)c1ccc(Cl)cc1F. The first-order chi connectivity index (χ1) is 9.51. The third kappa shape index (κ3) is 3.16. The summed E-state index contributed by atoms with van der Waals surface area (Å²) in [4.78, 5) is 12.0. The number of hydrogen-bond donors (Lipinski definition) is 1. The molecule has 2 aromatic carbocycles. The van der Waals surface area contributed by atoms with Crippen LogP contribution in [0.1, 0.15) is 15.9 Å². The number of carbonyl (C=O) groups is 1. The zero-order chi connectivity index (χ0) is 14.7. The second-order valence-corrected chi connectivity index (χ2v) is 5.23. The van der Waals surface area contributed by atoms with Crippen LogP contribution in [0.4, 0.5) is 10.1 Å². The number of anilines is 1. The van der Waals surface area contributed by atoms with Crippen LogP contribution in [0.25, 0.3) is 0 Å². The summed E-state index contributed by atoms with van der Waals surface area (Å²) in [6.07, 6.45) is 0. The van der Waals surface area contributed by atoms with Gasteiger partial charge in [0.25, 0.3) is 5.91 Å². The molecule has 1 amide bonds. The number of amides is 1. The van der Waals surface area contributed by atoms with E-state index in [1.165, 1.54) is 12.1 Å². The minimum absolute atomic E-state index is 0.138. The van der Waals surface area contributed by atoms with Crippen LogP contribution < -0.4 is 5.32 Å². The van der Waals surface area contributed by atoms with Gasteiger partial charge in [-0.25, -0.2) is 4.39 Å². The fourth-order valence-corrected chi connectivity index (χ4v) is 2.10. The van der Waals surface area contributed by atoms with Crippen molar-refractivity contribution >= 4 is 39.1 Å². The van der Waals surface area contributed by atoms with Crippen molar-refractivity contribution in [2.24, 2.45) is 0 Å². The topological polar surface area (TPSA) is 52.9 Å². The second-order valence-electron chi connectivity index (χ2n) is 3.88. The summed E-state index contributed by atoms with van der Waals surface area (Å²) in [6.45, 7) is 0. The zero-order valence-electron chi connectivity index (χ0n) is 9.95. The summed E-state index contributed by atoms with van der Waals surface area (Å²) in [6, 6.07) is 10.5. The molecule has 0 spiro atoms. The standard InChI is InChI=1S/C14H7BrClFN2O/c15-9-1-4-13(8(5-9)7-18)19-14(20)11-3-2-10(16)6-12(11)17/h1-6H,(H,19,20). The molecule has 0 saturated heterocycles. The molecule has 0 heterocycles. The molecule has 0 saturated carbocycles. The van der Waals surface area contributed by atoms with Gasteiger partial charge in [0.1, 0.15) is 11.9 Å². The van der Waals surface area contributed by atoms with Gasteiger partial charge in [-0.1, -0.05) is 27.5 Å². The summed E-state index contributed by atoms with van der Waals surface area (Å²) in [5, 5.41) is 11.7. The van der Waals surface area contributed by atoms with Crippen LogP contribution in [0.2, 0.25) is 5.02 Å². The van der Waals surface area contributed by atoms with Gasteiger partial charge in [-0.3, -0.25) is 4.79 Å². The third-order valence-electron chi connectivity index (χ3n) is 2.53. The van der Waals surface area contributed by atoms with E-state index >= 15 is 0 Å². The Hall–Kier alpha value is -1.90. The molecule has 2 rings (SSSR count). The number of rotatable bonds is 2. The molecule has 0 aliphatic carbocycles. The largest absolute Gasteiger partial charge is 0.321 e. The predicted molar refractivity (Wildman–Crippen MR) is 78.2 cm³/mol. The summed E-state index contributed by atoms with van der Waals surface area (Å²) in [5.74, 6) is -1.36. The number of nitriles is 1. The Labute approximate surface area is 128 Å². The Bertz CT molecular complexity index is 728. The number of carbonyl (C=O) groups excluding carboxylic acids is 1. The average molecular weight is 354 g/mol. The van der Waals surface area contributed by atoms with Crippen molar-refractivity contribution in [3.63, 3.8) is 0 Å². The van der Waals surface area contributed by atoms with Gasteiger partial charge in [-0.05, 0) is 36.4 Å². The summed E-state index contributed by atoms with van der Waals surface area (Å²) >= 11 is 8.86. The first kappa shape index (κ1) is 14.5. The van der Waals surface area contributed by atoms with Crippen LogP contribution in [-0.4, -0.2) is 5.91 Å². The van der Waals surface area contributed by atoms with Gasteiger partial charge in [0.15, 0.2) is 0 Å². The molecule has 2 aromatic rings. The lowest BCUT2D eigenvalue weighted by atomic mass is 10.1. The highest BCUT2D eigenvalue weighted by atomic mass is 79.9. The maximum Gasteiger partial charge on any atom is 0.258 e. The van der Waals surface area contributed by atoms with Crippen molar-refractivity contribution in [2.45, 2.75) is 0 Å². The minimum atomic E-state index is -0.717. The minimum Gasteiger partial charge on any atom is -0.321 e. The maximum absolute atomic E-state index is 13.6. The fourth-order valence-electron chi connectivity index (χ4n) is 1.58. The molecule has 0 bridgehead atoms. The van der Waals surface area contributed by atoms with Gasteiger partial charge in [0, 0.05) is 9.50 Å². The lowest BCUT2D eigenvalue weighted by Crippen LogP contribution is -2.14. The Morgan fingerprint density at radius 1 is 1.30 bits per heavy atom. The molecule has 100 valence electrons. The quantitative estimate of drug-likeness (QED) is 0.872. The molecule has 0 aromatic heterocycles. The van der Waals surface area contributed by atoms with E-state index in [0.29, 0.717) is 10.2 Å². The van der Waals surface area contributed by atoms with E-state index in [4.69, 9.17) is 16.9 Å². The average Bonchev–Trinajstić information content (AvgIpc) is 2.40. The zero-order valence-corrected chi connectivity index (χ0v) is 12.3. The number of benzene rings is 2. The molecule has 0 radical (unpaired) electrons. The molecule has 0 aliphatic heterocycles. The molecule has 0 fully saturated rings. The summed E-state index contributed by atoms with van der Waals surface area (Å²) in [5.41, 5.74) is 0.457. The van der Waals surface area contributed by atoms with Crippen LogP contribution in [0.3, 0.4) is 0 Å². The van der Waals surface area contributed by atoms with Crippen molar-refractivity contribution in [2.75, 3.05) is 5.32 Å². The highest BCUT2D eigenvalue weighted by Crippen LogP contribution is 2.22. The van der Waals surface area contributed by atoms with Crippen molar-refractivity contribution < 1.29 is 9.18 Å². The highest BCUT2D eigenvalue weighted by molar-refractivity contribution is 9.10. The van der Waals surface area contributed by atoms with Gasteiger partial charge < -0.3 is 5.32 Å². The van der Waals surface area contributed by atoms with E-state index in [0.717, 1.165) is 6.07 Å². The van der Waals surface area contributed by atoms with Gasteiger partial charge in [-0.15, -0.1) is 0 Å². The number of hydrogen-bond acceptors (Lipinski definition) is 2. The van der Waals surface area contributed by atoms with Crippen LogP contribution in [0.5, 0.6) is 0 Å². The van der Waals surface area contributed by atoms with E-state index in [1.807, 2.05) is 6.07 Å². The normalized spacial score (nSPS) is 9.90. The lowest BCUT2D eigenvalue weighted by molar-refractivity contribution is 0.102. The monoisotopic (exact) mass is 352 g/mol. The van der Waals surface area contributed by atoms with Crippen LogP contribution in [-0.2, 0) is 0 Å². The molecular formula is C14H7BrClFN2O. The molecule has 20 heavy (non-hydrogen) atoms. The summed E-state index contributed by atoms with van der Waals surface area (Å²) < 4.78 is 14.3. The first-order valence-electron chi connectivity index (χ1n) is 5.47. The maximum atomic E-state index is 13.6. The second kappa shape index (κ2) is 6.04. The van der Waals surface area contributed by atoms with Crippen molar-refractivity contribution in [3.05, 3.63) is 62.8 Å². The highest BCUT2D eigenvalue weighted by Gasteiger charge is 2.14. The molecule has 1 N–H and O–H groups in total. The molecule has 3 nitrogen and oxygen atoms in total. The fraction of sp³-hybridized carbons (Fsp3) is 0. The van der Waals surface area contributed by atoms with E-state index < -0.39 is 11.7 Å². The van der Waals surface area contributed by atoms with Crippen molar-refractivity contribution in [1.29, 1.82) is 5.26 Å². The molecular weight excluding hydrogens is 347 g/mol. The Morgan fingerprint density at radius 3 is 2.70 bits per heavy atom. The summed E-state index contributed by atoms with van der Waals surface area (Å²) in [7, 11) is 0. The number of nitrogens with zero attached hydrogens (tertiary/aromatic N) is 1. The predicted octanol–water partition coefficient (Wildman–Crippen LogP) is 4.37. The molecule has 0 aliphatic rings. The van der Waals surface area contributed by atoms with Gasteiger partial charge >= 0.3 is 0 Å². The first-order valence-corrected chi connectivity index (χ1v) is 6.64. The Kier molecular flexibility index (Phi) is 4.38. The number of halogens is 3. The Balaban J connectivity index is 2.31. The number of nitrogens with one attached hydrogen (secondary N) is 1. The van der Waals surface area contributed by atoms with Crippen LogP contribution in [0.15, 0.2) is 40.9 Å². The van der Waals surface area contributed by atoms with Crippen molar-refractivity contribution in [1.82, 2.24) is 0 Å². The van der Waals surface area contributed by atoms with Crippen molar-refractivity contribution in [3.8, 4) is 6.07 Å². The van der Waals surface area contributed by atoms with E-state index in [9.17, 15) is 9.18 Å². The van der Waals surface area contributed by atoms with Crippen LogP contribution in [0, 0.1) is 17.1 Å². The smallest absolute Gasteiger partial charge is 0.258 e.